The molecule has 0 spiro atoms. The number of anilines is 1. The van der Waals surface area contributed by atoms with Crippen LogP contribution >= 0.6 is 43.5 Å². The van der Waals surface area contributed by atoms with E-state index in [0.29, 0.717) is 6.54 Å². The number of hydrogen-bond donors (Lipinski definition) is 1. The minimum absolute atomic E-state index is 0.712. The molecule has 0 amide bonds. The average molecular weight is 390 g/mol. The van der Waals surface area contributed by atoms with Crippen molar-refractivity contribution < 1.29 is 0 Å². The second-order valence-corrected chi connectivity index (χ2v) is 6.29. The van der Waals surface area contributed by atoms with Crippen LogP contribution in [0.25, 0.3) is 0 Å². The minimum Gasteiger partial charge on any atom is -0.381 e. The fourth-order valence-electron chi connectivity index (χ4n) is 1.64. The summed E-state index contributed by atoms with van der Waals surface area (Å²) in [5.74, 6) is 0. The van der Waals surface area contributed by atoms with Crippen LogP contribution in [0.5, 0.6) is 0 Å². The highest BCUT2D eigenvalue weighted by atomic mass is 79.9. The monoisotopic (exact) mass is 387 g/mol. The molecule has 2 rings (SSSR count). The molecule has 1 nitrogen and oxygen atoms in total. The third-order valence-corrected chi connectivity index (χ3v) is 4.02. The van der Waals surface area contributed by atoms with Crippen LogP contribution in [0.1, 0.15) is 11.1 Å². The molecule has 0 heterocycles. The summed E-state index contributed by atoms with van der Waals surface area (Å²) in [4.78, 5) is 0. The quantitative estimate of drug-likeness (QED) is 0.701. The first-order chi connectivity index (χ1) is 8.56. The average Bonchev–Trinajstić information content (AvgIpc) is 2.32. The number of rotatable bonds is 3. The molecular weight excluding hydrogens is 377 g/mol. The highest BCUT2D eigenvalue weighted by molar-refractivity contribution is 9.10. The molecule has 0 saturated carbocycles. The molecular formula is C14H12Br2ClN. The summed E-state index contributed by atoms with van der Waals surface area (Å²) in [6, 6.07) is 12.1. The molecule has 18 heavy (non-hydrogen) atoms. The highest BCUT2D eigenvalue weighted by Gasteiger charge is 2.03. The van der Waals surface area contributed by atoms with Crippen LogP contribution in [0.2, 0.25) is 5.02 Å². The number of halogens is 3. The van der Waals surface area contributed by atoms with E-state index in [2.05, 4.69) is 56.2 Å². The third kappa shape index (κ3) is 3.50. The van der Waals surface area contributed by atoms with E-state index in [0.717, 1.165) is 25.2 Å². The molecule has 0 aliphatic heterocycles. The molecule has 0 saturated heterocycles. The van der Waals surface area contributed by atoms with E-state index in [1.807, 2.05) is 24.3 Å². The molecule has 0 aliphatic carbocycles. The normalized spacial score (nSPS) is 10.4. The van der Waals surface area contributed by atoms with Gasteiger partial charge in [0.25, 0.3) is 0 Å². The van der Waals surface area contributed by atoms with Crippen molar-refractivity contribution in [2.45, 2.75) is 13.5 Å². The molecule has 2 aromatic rings. The van der Waals surface area contributed by atoms with Crippen molar-refractivity contribution >= 4 is 49.1 Å². The van der Waals surface area contributed by atoms with Gasteiger partial charge in [0, 0.05) is 26.2 Å². The topological polar surface area (TPSA) is 12.0 Å². The summed E-state index contributed by atoms with van der Waals surface area (Å²) in [6.07, 6.45) is 0. The van der Waals surface area contributed by atoms with Crippen LogP contribution in [-0.2, 0) is 6.54 Å². The Morgan fingerprint density at radius 3 is 2.44 bits per heavy atom. The van der Waals surface area contributed by atoms with Crippen LogP contribution in [-0.4, -0.2) is 0 Å². The molecule has 1 N–H and O–H groups in total. The van der Waals surface area contributed by atoms with Crippen LogP contribution < -0.4 is 5.32 Å². The van der Waals surface area contributed by atoms with E-state index < -0.39 is 0 Å². The first-order valence-corrected chi connectivity index (χ1v) is 7.46. The molecule has 0 aromatic heterocycles. The maximum Gasteiger partial charge on any atom is 0.0467 e. The van der Waals surface area contributed by atoms with E-state index in [9.17, 15) is 0 Å². The van der Waals surface area contributed by atoms with Gasteiger partial charge in [-0.2, -0.15) is 0 Å². The van der Waals surface area contributed by atoms with Gasteiger partial charge in [-0.05, 0) is 42.3 Å². The lowest BCUT2D eigenvalue weighted by atomic mass is 10.2. The Balaban J connectivity index is 2.13. The van der Waals surface area contributed by atoms with Crippen molar-refractivity contribution in [3.63, 3.8) is 0 Å². The molecule has 0 unspecified atom stereocenters. The predicted molar refractivity (Wildman–Crippen MR) is 85.4 cm³/mol. The lowest BCUT2D eigenvalue weighted by Gasteiger charge is -2.11. The maximum absolute atomic E-state index is 6.19. The van der Waals surface area contributed by atoms with Crippen LogP contribution in [0.4, 0.5) is 5.69 Å². The van der Waals surface area contributed by atoms with E-state index >= 15 is 0 Å². The molecule has 94 valence electrons. The maximum atomic E-state index is 6.19. The second kappa shape index (κ2) is 6.09. The van der Waals surface area contributed by atoms with Gasteiger partial charge in [0.2, 0.25) is 0 Å². The Kier molecular flexibility index (Phi) is 4.71. The van der Waals surface area contributed by atoms with Gasteiger partial charge in [-0.1, -0.05) is 55.6 Å². The van der Waals surface area contributed by atoms with Gasteiger partial charge in [0.1, 0.15) is 0 Å². The zero-order chi connectivity index (χ0) is 13.1. The molecule has 0 bridgehead atoms. The van der Waals surface area contributed by atoms with Gasteiger partial charge in [0.05, 0.1) is 0 Å². The Morgan fingerprint density at radius 2 is 1.72 bits per heavy atom. The summed E-state index contributed by atoms with van der Waals surface area (Å²) in [7, 11) is 0. The summed E-state index contributed by atoms with van der Waals surface area (Å²) in [5, 5.41) is 4.17. The number of aryl methyl sites for hydroxylation is 1. The Hall–Kier alpha value is -0.510. The van der Waals surface area contributed by atoms with Crippen LogP contribution in [0, 0.1) is 6.92 Å². The minimum atomic E-state index is 0.712. The number of nitrogens with one attached hydrogen (secondary N) is 1. The fraction of sp³-hybridized carbons (Fsp3) is 0.143. The highest BCUT2D eigenvalue weighted by Crippen LogP contribution is 2.24. The van der Waals surface area contributed by atoms with Gasteiger partial charge in [0.15, 0.2) is 0 Å². The molecule has 2 aromatic carbocycles. The Bertz CT molecular complexity index is 570. The fourth-order valence-corrected chi connectivity index (χ4v) is 2.74. The summed E-state index contributed by atoms with van der Waals surface area (Å²) >= 11 is 13.1. The second-order valence-electron chi connectivity index (χ2n) is 4.05. The first-order valence-electron chi connectivity index (χ1n) is 5.50. The summed E-state index contributed by atoms with van der Waals surface area (Å²) in [5.41, 5.74) is 3.41. The van der Waals surface area contributed by atoms with Crippen molar-refractivity contribution in [2.24, 2.45) is 0 Å². The van der Waals surface area contributed by atoms with Crippen molar-refractivity contribution in [1.82, 2.24) is 0 Å². The van der Waals surface area contributed by atoms with E-state index in [1.54, 1.807) is 0 Å². The SMILES string of the molecule is Cc1ccc(Br)cc1NCc1ccc(Br)cc1Cl. The van der Waals surface area contributed by atoms with E-state index in [4.69, 9.17) is 11.6 Å². The molecule has 0 radical (unpaired) electrons. The van der Waals surface area contributed by atoms with E-state index in [1.165, 1.54) is 5.56 Å². The van der Waals surface area contributed by atoms with Crippen LogP contribution in [0.3, 0.4) is 0 Å². The van der Waals surface area contributed by atoms with Gasteiger partial charge in [-0.15, -0.1) is 0 Å². The largest absolute Gasteiger partial charge is 0.381 e. The third-order valence-electron chi connectivity index (χ3n) is 2.68. The lowest BCUT2D eigenvalue weighted by molar-refractivity contribution is 1.14. The van der Waals surface area contributed by atoms with Gasteiger partial charge in [-0.3, -0.25) is 0 Å². The van der Waals surface area contributed by atoms with E-state index in [-0.39, 0.29) is 0 Å². The summed E-state index contributed by atoms with van der Waals surface area (Å²) in [6.45, 7) is 2.79. The van der Waals surface area contributed by atoms with Crippen molar-refractivity contribution in [3.8, 4) is 0 Å². The zero-order valence-corrected chi connectivity index (χ0v) is 13.7. The Labute approximate surface area is 129 Å². The number of hydrogen-bond acceptors (Lipinski definition) is 1. The molecule has 0 aliphatic rings. The lowest BCUT2D eigenvalue weighted by Crippen LogP contribution is -2.01. The van der Waals surface area contributed by atoms with Gasteiger partial charge in [-0.25, -0.2) is 0 Å². The molecule has 0 atom stereocenters. The van der Waals surface area contributed by atoms with Gasteiger partial charge >= 0.3 is 0 Å². The van der Waals surface area contributed by atoms with Crippen molar-refractivity contribution in [1.29, 1.82) is 0 Å². The zero-order valence-electron chi connectivity index (χ0n) is 9.81. The molecule has 4 heteroatoms. The van der Waals surface area contributed by atoms with Crippen molar-refractivity contribution in [2.75, 3.05) is 5.32 Å². The van der Waals surface area contributed by atoms with Gasteiger partial charge < -0.3 is 5.32 Å². The standard InChI is InChI=1S/C14H12Br2ClN/c1-9-2-4-12(16)7-14(9)18-8-10-3-5-11(15)6-13(10)17/h2-7,18H,8H2,1H3. The number of benzene rings is 2. The molecule has 0 fully saturated rings. The smallest absolute Gasteiger partial charge is 0.0467 e. The first kappa shape index (κ1) is 13.9. The summed E-state index contributed by atoms with van der Waals surface area (Å²) < 4.78 is 2.06. The predicted octanol–water partition coefficient (Wildman–Crippen LogP) is 5.79. The Morgan fingerprint density at radius 1 is 1.06 bits per heavy atom. The van der Waals surface area contributed by atoms with Crippen molar-refractivity contribution in [3.05, 3.63) is 61.5 Å². The van der Waals surface area contributed by atoms with Crippen LogP contribution in [0.15, 0.2) is 45.3 Å².